The van der Waals surface area contributed by atoms with Gasteiger partial charge in [-0.25, -0.2) is 8.42 Å². The van der Waals surface area contributed by atoms with Gasteiger partial charge >= 0.3 is 0 Å². The fourth-order valence-electron chi connectivity index (χ4n) is 4.94. The summed E-state index contributed by atoms with van der Waals surface area (Å²) in [4.78, 5) is 0. The minimum atomic E-state index is -3.06. The van der Waals surface area contributed by atoms with E-state index in [-0.39, 0.29) is 10.5 Å². The number of aliphatic hydroxyl groups is 1. The second-order valence-electron chi connectivity index (χ2n) is 9.39. The summed E-state index contributed by atoms with van der Waals surface area (Å²) in [5, 5.41) is 11.0. The molecular formula is C22H34O3S. The third-order valence-corrected chi connectivity index (χ3v) is 9.13. The number of fused-ring (bicyclic) bond motifs is 2. The molecule has 2 fully saturated rings. The van der Waals surface area contributed by atoms with Crippen molar-refractivity contribution in [1.29, 1.82) is 0 Å². The van der Waals surface area contributed by atoms with Gasteiger partial charge in [-0.3, -0.25) is 0 Å². The van der Waals surface area contributed by atoms with Gasteiger partial charge in [0.15, 0.2) is 9.84 Å². The summed E-state index contributed by atoms with van der Waals surface area (Å²) in [6.07, 6.45) is 2.11. The van der Waals surface area contributed by atoms with Crippen LogP contribution in [-0.2, 0) is 15.4 Å². The van der Waals surface area contributed by atoms with Gasteiger partial charge in [0.2, 0.25) is 0 Å². The second kappa shape index (κ2) is 6.63. The Morgan fingerprint density at radius 1 is 0.885 bits per heavy atom. The summed E-state index contributed by atoms with van der Waals surface area (Å²) in [5.74, 6) is 1.01. The summed E-state index contributed by atoms with van der Waals surface area (Å²) in [6.45, 7) is 13.1. The van der Waals surface area contributed by atoms with Crippen molar-refractivity contribution in [1.82, 2.24) is 0 Å². The van der Waals surface area contributed by atoms with Crippen LogP contribution in [0.5, 0.6) is 0 Å². The highest BCUT2D eigenvalue weighted by molar-refractivity contribution is 7.93. The van der Waals surface area contributed by atoms with Gasteiger partial charge in [0.25, 0.3) is 0 Å². The largest absolute Gasteiger partial charge is 0.385 e. The third kappa shape index (κ3) is 3.13. The first-order valence-corrected chi connectivity index (χ1v) is 11.7. The molecule has 0 aliphatic carbocycles. The van der Waals surface area contributed by atoms with E-state index in [1.54, 1.807) is 0 Å². The Morgan fingerprint density at radius 2 is 1.31 bits per heavy atom. The van der Waals surface area contributed by atoms with E-state index in [9.17, 15) is 13.5 Å². The molecule has 0 spiro atoms. The molecule has 146 valence electrons. The molecule has 3 nitrogen and oxygen atoms in total. The summed E-state index contributed by atoms with van der Waals surface area (Å²) >= 11 is 0. The highest BCUT2D eigenvalue weighted by Crippen LogP contribution is 2.51. The van der Waals surface area contributed by atoms with Gasteiger partial charge in [0.05, 0.1) is 16.1 Å². The first-order valence-electron chi connectivity index (χ1n) is 10.1. The maximum atomic E-state index is 12.6. The van der Waals surface area contributed by atoms with Crippen molar-refractivity contribution in [3.05, 3.63) is 34.4 Å². The normalized spacial score (nSPS) is 30.5. The zero-order chi connectivity index (χ0) is 19.4. The van der Waals surface area contributed by atoms with Crippen molar-refractivity contribution < 1.29 is 13.5 Å². The van der Waals surface area contributed by atoms with E-state index in [4.69, 9.17) is 0 Å². The van der Waals surface area contributed by atoms with Crippen LogP contribution < -0.4 is 0 Å². The van der Waals surface area contributed by atoms with Gasteiger partial charge in [0, 0.05) is 0 Å². The van der Waals surface area contributed by atoms with Crippen molar-refractivity contribution in [2.45, 2.75) is 101 Å². The van der Waals surface area contributed by atoms with Crippen LogP contribution in [0, 0.1) is 0 Å². The quantitative estimate of drug-likeness (QED) is 0.803. The molecule has 0 amide bonds. The van der Waals surface area contributed by atoms with Crippen molar-refractivity contribution in [2.75, 3.05) is 0 Å². The average molecular weight is 379 g/mol. The molecule has 2 unspecified atom stereocenters. The molecule has 2 atom stereocenters. The Labute approximate surface area is 159 Å². The molecule has 1 aromatic rings. The lowest BCUT2D eigenvalue weighted by atomic mass is 9.74. The average Bonchev–Trinajstić information content (AvgIpc) is 2.72. The zero-order valence-corrected chi connectivity index (χ0v) is 17.9. The van der Waals surface area contributed by atoms with Gasteiger partial charge in [0.1, 0.15) is 0 Å². The Balaban J connectivity index is 2.20. The molecule has 1 N–H and O–H groups in total. The Kier molecular flexibility index (Phi) is 5.07. The lowest BCUT2D eigenvalue weighted by Crippen LogP contribution is -2.44. The SMILES string of the molecule is CC(C)c1cc(C(C)C)c(C2(O)CC3CCC(C2)S3(=O)=O)c(C(C)C)c1. The molecule has 4 heteroatoms. The van der Waals surface area contributed by atoms with Crippen LogP contribution in [0.15, 0.2) is 12.1 Å². The van der Waals surface area contributed by atoms with Gasteiger partial charge in [-0.05, 0) is 65.7 Å². The van der Waals surface area contributed by atoms with Crippen molar-refractivity contribution in [2.24, 2.45) is 0 Å². The molecule has 3 rings (SSSR count). The molecule has 2 heterocycles. The Hall–Kier alpha value is -0.870. The summed E-state index contributed by atoms with van der Waals surface area (Å²) in [5.41, 5.74) is 3.70. The van der Waals surface area contributed by atoms with Crippen LogP contribution in [0.1, 0.15) is 107 Å². The van der Waals surface area contributed by atoms with Crippen molar-refractivity contribution in [3.63, 3.8) is 0 Å². The van der Waals surface area contributed by atoms with Gasteiger partial charge < -0.3 is 5.11 Å². The monoisotopic (exact) mass is 378 g/mol. The van der Waals surface area contributed by atoms with Crippen LogP contribution in [0.3, 0.4) is 0 Å². The molecule has 2 saturated heterocycles. The first kappa shape index (κ1) is 19.9. The fourth-order valence-corrected chi connectivity index (χ4v) is 7.43. The molecule has 2 aliphatic rings. The highest BCUT2D eigenvalue weighted by atomic mass is 32.2. The second-order valence-corrected chi connectivity index (χ2v) is 11.9. The van der Waals surface area contributed by atoms with E-state index in [0.717, 1.165) is 5.56 Å². The number of hydrogen-bond donors (Lipinski definition) is 1. The number of hydrogen-bond acceptors (Lipinski definition) is 3. The molecule has 0 radical (unpaired) electrons. The molecular weight excluding hydrogens is 344 g/mol. The predicted octanol–water partition coefficient (Wildman–Crippen LogP) is 4.98. The Morgan fingerprint density at radius 3 is 1.65 bits per heavy atom. The number of benzene rings is 1. The van der Waals surface area contributed by atoms with E-state index in [1.807, 2.05) is 0 Å². The van der Waals surface area contributed by atoms with Crippen LogP contribution in [-0.4, -0.2) is 24.0 Å². The zero-order valence-electron chi connectivity index (χ0n) is 17.0. The number of sulfone groups is 1. The van der Waals surface area contributed by atoms with Crippen LogP contribution in [0.4, 0.5) is 0 Å². The van der Waals surface area contributed by atoms with Crippen molar-refractivity contribution >= 4 is 9.84 Å². The predicted molar refractivity (Wildman–Crippen MR) is 108 cm³/mol. The Bertz CT molecular complexity index is 741. The van der Waals surface area contributed by atoms with E-state index in [2.05, 4.69) is 53.7 Å². The maximum Gasteiger partial charge on any atom is 0.156 e. The van der Waals surface area contributed by atoms with Crippen LogP contribution in [0.25, 0.3) is 0 Å². The van der Waals surface area contributed by atoms with E-state index < -0.39 is 15.4 Å². The standard InChI is InChI=1S/C22H34O3S/c1-13(2)16-9-19(14(3)4)21(20(10-16)15(5)6)22(23)11-17-7-8-18(12-22)26(17,24)25/h9-10,13-15,17-18,23H,7-8,11-12H2,1-6H3. The highest BCUT2D eigenvalue weighted by Gasteiger charge is 2.54. The third-order valence-electron chi connectivity index (χ3n) is 6.47. The minimum absolute atomic E-state index is 0.293. The summed E-state index contributed by atoms with van der Waals surface area (Å²) in [6, 6.07) is 4.50. The molecule has 0 saturated carbocycles. The van der Waals surface area contributed by atoms with Gasteiger partial charge in [-0.15, -0.1) is 0 Å². The van der Waals surface area contributed by atoms with Crippen LogP contribution >= 0.6 is 0 Å². The first-order chi connectivity index (χ1) is 12.0. The van der Waals surface area contributed by atoms with E-state index in [0.29, 0.717) is 43.4 Å². The van der Waals surface area contributed by atoms with E-state index >= 15 is 0 Å². The van der Waals surface area contributed by atoms with E-state index in [1.165, 1.54) is 16.7 Å². The topological polar surface area (TPSA) is 54.4 Å². The lowest BCUT2D eigenvalue weighted by Gasteiger charge is -2.40. The molecule has 1 aromatic carbocycles. The fraction of sp³-hybridized carbons (Fsp3) is 0.727. The molecule has 2 aliphatic heterocycles. The lowest BCUT2D eigenvalue weighted by molar-refractivity contribution is 0.0152. The molecule has 26 heavy (non-hydrogen) atoms. The summed E-state index contributed by atoms with van der Waals surface area (Å²) in [7, 11) is -3.06. The molecule has 0 aromatic heterocycles. The minimum Gasteiger partial charge on any atom is -0.385 e. The summed E-state index contributed by atoms with van der Waals surface area (Å²) < 4.78 is 25.1. The van der Waals surface area contributed by atoms with Crippen LogP contribution in [0.2, 0.25) is 0 Å². The molecule has 2 bridgehead atoms. The smallest absolute Gasteiger partial charge is 0.156 e. The van der Waals surface area contributed by atoms with Crippen molar-refractivity contribution in [3.8, 4) is 0 Å². The van der Waals surface area contributed by atoms with Gasteiger partial charge in [-0.2, -0.15) is 0 Å². The number of rotatable bonds is 4. The van der Waals surface area contributed by atoms with Gasteiger partial charge in [-0.1, -0.05) is 53.7 Å². The maximum absolute atomic E-state index is 12.6.